The van der Waals surface area contributed by atoms with Crippen molar-refractivity contribution in [2.75, 3.05) is 0 Å². The van der Waals surface area contributed by atoms with Gasteiger partial charge in [-0.1, -0.05) is 54.1 Å². The highest BCUT2D eigenvalue weighted by Gasteiger charge is 2.10. The molecule has 0 aliphatic heterocycles. The van der Waals surface area contributed by atoms with E-state index < -0.39 is 0 Å². The normalized spacial score (nSPS) is 11.5. The van der Waals surface area contributed by atoms with E-state index in [0.29, 0.717) is 0 Å². The van der Waals surface area contributed by atoms with E-state index in [1.165, 1.54) is 6.07 Å². The Hall–Kier alpha value is -2.12. The molecule has 0 aliphatic carbocycles. The third kappa shape index (κ3) is 1.53. The first kappa shape index (κ1) is 11.7. The average Bonchev–Trinajstić information content (AvgIpc) is 2.47. The molecule has 0 spiro atoms. The van der Waals surface area contributed by atoms with Crippen molar-refractivity contribution in [3.05, 3.63) is 71.5 Å². The van der Waals surface area contributed by atoms with Gasteiger partial charge in [0.25, 0.3) is 0 Å². The Morgan fingerprint density at radius 3 is 2.10 bits per heavy atom. The van der Waals surface area contributed by atoms with E-state index in [2.05, 4.69) is 0 Å². The molecule has 0 bridgehead atoms. The van der Waals surface area contributed by atoms with Crippen LogP contribution in [0.5, 0.6) is 0 Å². The Kier molecular flexibility index (Phi) is 2.45. The van der Waals surface area contributed by atoms with Gasteiger partial charge < -0.3 is 0 Å². The third-order valence-corrected chi connectivity index (χ3v) is 4.09. The van der Waals surface area contributed by atoms with Gasteiger partial charge in [-0.2, -0.15) is 0 Å². The van der Waals surface area contributed by atoms with E-state index in [4.69, 9.17) is 11.6 Å². The second-order valence-electron chi connectivity index (χ2n) is 4.90. The van der Waals surface area contributed by atoms with E-state index in [0.717, 1.165) is 37.3 Å². The van der Waals surface area contributed by atoms with Crippen molar-refractivity contribution in [3.63, 3.8) is 0 Å². The van der Waals surface area contributed by atoms with Crippen LogP contribution in [0.2, 0.25) is 5.02 Å². The Balaban J connectivity index is 2.44. The summed E-state index contributed by atoms with van der Waals surface area (Å²) in [6.07, 6.45) is 0. The Labute approximate surface area is 120 Å². The summed E-state index contributed by atoms with van der Waals surface area (Å²) in [5.74, 6) is -0.218. The highest BCUT2D eigenvalue weighted by molar-refractivity contribution is 6.40. The summed E-state index contributed by atoms with van der Waals surface area (Å²) in [5.41, 5.74) is 0. The third-order valence-electron chi connectivity index (χ3n) is 3.77. The molecule has 0 aromatic heterocycles. The van der Waals surface area contributed by atoms with Gasteiger partial charge in [0.05, 0.1) is 0 Å². The highest BCUT2D eigenvalue weighted by Crippen LogP contribution is 2.38. The van der Waals surface area contributed by atoms with Crippen LogP contribution in [0.4, 0.5) is 4.39 Å². The van der Waals surface area contributed by atoms with Gasteiger partial charge in [0.1, 0.15) is 5.82 Å². The monoisotopic (exact) mass is 280 g/mol. The summed E-state index contributed by atoms with van der Waals surface area (Å²) >= 11 is 6.39. The van der Waals surface area contributed by atoms with Crippen LogP contribution < -0.4 is 0 Å². The van der Waals surface area contributed by atoms with Crippen molar-refractivity contribution in [2.24, 2.45) is 0 Å². The van der Waals surface area contributed by atoms with E-state index >= 15 is 0 Å². The largest absolute Gasteiger partial charge is 0.207 e. The zero-order chi connectivity index (χ0) is 13.7. The topological polar surface area (TPSA) is 0 Å². The summed E-state index contributed by atoms with van der Waals surface area (Å²) in [6, 6.07) is 18.8. The molecule has 96 valence electrons. The van der Waals surface area contributed by atoms with Gasteiger partial charge in [-0.15, -0.1) is 0 Å². The van der Waals surface area contributed by atoms with Crippen molar-refractivity contribution >= 4 is 43.9 Å². The fourth-order valence-corrected chi connectivity index (χ4v) is 3.21. The van der Waals surface area contributed by atoms with Gasteiger partial charge in [0, 0.05) is 10.4 Å². The van der Waals surface area contributed by atoms with Crippen LogP contribution >= 0.6 is 11.6 Å². The van der Waals surface area contributed by atoms with Crippen molar-refractivity contribution in [1.29, 1.82) is 0 Å². The number of rotatable bonds is 0. The minimum absolute atomic E-state index is 0.218. The number of hydrogen-bond donors (Lipinski definition) is 0. The summed E-state index contributed by atoms with van der Waals surface area (Å²) in [4.78, 5) is 0. The minimum Gasteiger partial charge on any atom is -0.207 e. The molecule has 0 saturated heterocycles. The molecule has 0 unspecified atom stereocenters. The first-order valence-electron chi connectivity index (χ1n) is 6.44. The van der Waals surface area contributed by atoms with Crippen molar-refractivity contribution < 1.29 is 4.39 Å². The van der Waals surface area contributed by atoms with Crippen LogP contribution in [0.1, 0.15) is 0 Å². The van der Waals surface area contributed by atoms with Crippen LogP contribution in [0, 0.1) is 5.82 Å². The maximum absolute atomic E-state index is 13.6. The molecule has 0 aliphatic rings. The maximum atomic E-state index is 13.6. The van der Waals surface area contributed by atoms with Gasteiger partial charge in [-0.3, -0.25) is 0 Å². The highest BCUT2D eigenvalue weighted by atomic mass is 35.5. The summed E-state index contributed by atoms with van der Waals surface area (Å²) in [7, 11) is 0. The SMILES string of the molecule is Fc1ccc2c(c1)c1ccccc1c1c(Cl)cccc21. The molecule has 0 nitrogen and oxygen atoms in total. The number of fused-ring (bicyclic) bond motifs is 6. The minimum atomic E-state index is -0.218. The predicted octanol–water partition coefficient (Wildman–Crippen LogP) is 5.94. The summed E-state index contributed by atoms with van der Waals surface area (Å²) in [6.45, 7) is 0. The lowest BCUT2D eigenvalue weighted by Crippen LogP contribution is -1.85. The van der Waals surface area contributed by atoms with Gasteiger partial charge >= 0.3 is 0 Å². The average molecular weight is 281 g/mol. The summed E-state index contributed by atoms with van der Waals surface area (Å²) < 4.78 is 13.6. The molecule has 0 heterocycles. The zero-order valence-electron chi connectivity index (χ0n) is 10.5. The predicted molar refractivity (Wildman–Crippen MR) is 83.9 cm³/mol. The lowest BCUT2D eigenvalue weighted by atomic mass is 9.94. The van der Waals surface area contributed by atoms with Gasteiger partial charge in [-0.25, -0.2) is 4.39 Å². The molecule has 0 amide bonds. The van der Waals surface area contributed by atoms with Crippen LogP contribution in [-0.4, -0.2) is 0 Å². The van der Waals surface area contributed by atoms with Gasteiger partial charge in [-0.05, 0) is 45.1 Å². The van der Waals surface area contributed by atoms with Crippen LogP contribution in [0.25, 0.3) is 32.3 Å². The van der Waals surface area contributed by atoms with Crippen LogP contribution in [0.3, 0.4) is 0 Å². The van der Waals surface area contributed by atoms with Crippen LogP contribution in [0.15, 0.2) is 60.7 Å². The zero-order valence-corrected chi connectivity index (χ0v) is 11.3. The second-order valence-corrected chi connectivity index (χ2v) is 5.31. The van der Waals surface area contributed by atoms with E-state index in [1.54, 1.807) is 6.07 Å². The van der Waals surface area contributed by atoms with Crippen molar-refractivity contribution in [2.45, 2.75) is 0 Å². The Morgan fingerprint density at radius 2 is 1.30 bits per heavy atom. The lowest BCUT2D eigenvalue weighted by Gasteiger charge is -2.11. The van der Waals surface area contributed by atoms with E-state index in [9.17, 15) is 4.39 Å². The Morgan fingerprint density at radius 1 is 0.650 bits per heavy atom. The molecule has 4 rings (SSSR count). The summed E-state index contributed by atoms with van der Waals surface area (Å²) in [5, 5.41) is 6.87. The van der Waals surface area contributed by atoms with Gasteiger partial charge in [0.2, 0.25) is 0 Å². The van der Waals surface area contributed by atoms with Crippen molar-refractivity contribution in [3.8, 4) is 0 Å². The number of hydrogen-bond acceptors (Lipinski definition) is 0. The maximum Gasteiger partial charge on any atom is 0.123 e. The number of halogens is 2. The van der Waals surface area contributed by atoms with E-state index in [1.807, 2.05) is 48.5 Å². The number of benzene rings is 4. The molecule has 0 saturated carbocycles. The molecular weight excluding hydrogens is 271 g/mol. The quantitative estimate of drug-likeness (QED) is 0.350. The molecule has 0 fully saturated rings. The molecular formula is C18H10ClF. The molecule has 20 heavy (non-hydrogen) atoms. The first-order chi connectivity index (χ1) is 9.75. The fraction of sp³-hybridized carbons (Fsp3) is 0. The molecule has 0 N–H and O–H groups in total. The first-order valence-corrected chi connectivity index (χ1v) is 6.82. The molecule has 2 heteroatoms. The molecule has 0 atom stereocenters. The standard InChI is InChI=1S/C18H10ClF/c19-17-7-3-6-15-13-9-8-11(20)10-16(13)12-4-1-2-5-14(12)18(15)17/h1-10H. The molecule has 4 aromatic rings. The Bertz CT molecular complexity index is 932. The van der Waals surface area contributed by atoms with E-state index in [-0.39, 0.29) is 5.82 Å². The lowest BCUT2D eigenvalue weighted by molar-refractivity contribution is 0.630. The fourth-order valence-electron chi connectivity index (χ4n) is 2.93. The van der Waals surface area contributed by atoms with Crippen LogP contribution in [-0.2, 0) is 0 Å². The smallest absolute Gasteiger partial charge is 0.123 e. The van der Waals surface area contributed by atoms with Gasteiger partial charge in [0.15, 0.2) is 0 Å². The molecule has 4 aromatic carbocycles. The molecule has 0 radical (unpaired) electrons. The van der Waals surface area contributed by atoms with Crippen molar-refractivity contribution in [1.82, 2.24) is 0 Å². The second kappa shape index (κ2) is 4.19.